The molecule has 1 aromatic carbocycles. The molecule has 19 heavy (non-hydrogen) atoms. The number of likely N-dealkylation sites (N-methyl/N-ethyl adjacent to an activating group) is 1. The molecule has 0 atom stereocenters. The smallest absolute Gasteiger partial charge is 0.233 e. The van der Waals surface area contributed by atoms with Crippen LogP contribution in [-0.2, 0) is 11.2 Å². The van der Waals surface area contributed by atoms with Crippen molar-refractivity contribution in [2.75, 3.05) is 7.05 Å². The Labute approximate surface area is 115 Å². The Kier molecular flexibility index (Phi) is 2.60. The van der Waals surface area contributed by atoms with Crippen LogP contribution in [0.2, 0.25) is 0 Å². The van der Waals surface area contributed by atoms with Crippen LogP contribution < -0.4 is 0 Å². The molecule has 1 N–H and O–H groups in total. The predicted octanol–water partition coefficient (Wildman–Crippen LogP) is 1.27. The molecule has 0 fully saturated rings. The normalized spacial score (nSPS) is 14.7. The van der Waals surface area contributed by atoms with Gasteiger partial charge in [-0.15, -0.1) is 0 Å². The van der Waals surface area contributed by atoms with E-state index in [1.807, 2.05) is 30.3 Å². The molecule has 3 rings (SSSR count). The second-order valence-corrected chi connectivity index (χ2v) is 4.71. The van der Waals surface area contributed by atoms with Crippen molar-refractivity contribution in [3.63, 3.8) is 0 Å². The quantitative estimate of drug-likeness (QED) is 0.795. The number of hydrogen-bond donors (Lipinski definition) is 1. The second-order valence-electron chi connectivity index (χ2n) is 4.33. The summed E-state index contributed by atoms with van der Waals surface area (Å²) in [6.07, 6.45) is 0.152. The van der Waals surface area contributed by atoms with E-state index in [-0.39, 0.29) is 18.2 Å². The van der Waals surface area contributed by atoms with Crippen LogP contribution in [-0.4, -0.2) is 37.7 Å². The monoisotopic (exact) mass is 273 g/mol. The van der Waals surface area contributed by atoms with E-state index in [4.69, 9.17) is 12.2 Å². The number of carbonyl (C=O) groups excluding carboxylic acids is 1. The fourth-order valence-corrected chi connectivity index (χ4v) is 2.40. The van der Waals surface area contributed by atoms with Crippen molar-refractivity contribution in [1.82, 2.24) is 14.7 Å². The minimum Gasteiger partial charge on any atom is -0.493 e. The minimum absolute atomic E-state index is 0.0226. The third-order valence-corrected chi connectivity index (χ3v) is 3.62. The maximum absolute atomic E-state index is 11.7. The van der Waals surface area contributed by atoms with Crippen molar-refractivity contribution in [1.29, 1.82) is 0 Å². The lowest BCUT2D eigenvalue weighted by Crippen LogP contribution is -2.38. The van der Waals surface area contributed by atoms with E-state index in [0.717, 1.165) is 5.69 Å². The summed E-state index contributed by atoms with van der Waals surface area (Å²) in [7, 11) is 1.60. The summed E-state index contributed by atoms with van der Waals surface area (Å²) < 4.78 is 1.41. The Morgan fingerprint density at radius 2 is 2.00 bits per heavy atom. The maximum atomic E-state index is 11.7. The van der Waals surface area contributed by atoms with Crippen LogP contribution in [0.4, 0.5) is 0 Å². The fraction of sp³-hybridized carbons (Fsp3) is 0.154. The molecular formula is C13H11N3O2S. The first-order chi connectivity index (χ1) is 9.09. The van der Waals surface area contributed by atoms with Crippen LogP contribution in [0.25, 0.3) is 5.69 Å². The number of amides is 1. The fourth-order valence-electron chi connectivity index (χ4n) is 2.09. The van der Waals surface area contributed by atoms with Crippen LogP contribution in [0.15, 0.2) is 30.3 Å². The van der Waals surface area contributed by atoms with E-state index in [2.05, 4.69) is 5.10 Å². The summed E-state index contributed by atoms with van der Waals surface area (Å²) in [4.78, 5) is 13.4. The van der Waals surface area contributed by atoms with Crippen molar-refractivity contribution in [3.8, 4) is 11.6 Å². The maximum Gasteiger partial charge on any atom is 0.233 e. The number of thiocarbonyl (C=S) groups is 1. The van der Waals surface area contributed by atoms with E-state index in [1.165, 1.54) is 9.58 Å². The van der Waals surface area contributed by atoms with Gasteiger partial charge in [-0.2, -0.15) is 5.10 Å². The van der Waals surface area contributed by atoms with Crippen molar-refractivity contribution >= 4 is 23.1 Å². The van der Waals surface area contributed by atoms with Crippen LogP contribution >= 0.6 is 12.2 Å². The Bertz CT molecular complexity index is 679. The average molecular weight is 273 g/mol. The number of para-hydroxylation sites is 1. The number of fused-ring (bicyclic) bond motifs is 1. The molecule has 96 valence electrons. The number of rotatable bonds is 1. The number of benzene rings is 1. The first-order valence-electron chi connectivity index (χ1n) is 5.76. The van der Waals surface area contributed by atoms with Gasteiger partial charge >= 0.3 is 0 Å². The van der Waals surface area contributed by atoms with Gasteiger partial charge in [-0.05, 0) is 12.1 Å². The first-order valence-corrected chi connectivity index (χ1v) is 6.17. The molecule has 0 saturated carbocycles. The molecule has 6 heteroatoms. The zero-order valence-electron chi connectivity index (χ0n) is 10.2. The van der Waals surface area contributed by atoms with Gasteiger partial charge in [-0.3, -0.25) is 4.79 Å². The number of carbonyl (C=O) groups is 1. The lowest BCUT2D eigenvalue weighted by Gasteiger charge is -2.22. The van der Waals surface area contributed by atoms with E-state index in [1.54, 1.807) is 7.05 Å². The molecule has 2 heterocycles. The Hall–Kier alpha value is -2.21. The highest BCUT2D eigenvalue weighted by Crippen LogP contribution is 2.29. The van der Waals surface area contributed by atoms with Gasteiger partial charge in [0.1, 0.15) is 4.99 Å². The number of hydrogen-bond acceptors (Lipinski definition) is 4. The Morgan fingerprint density at radius 1 is 1.32 bits per heavy atom. The van der Waals surface area contributed by atoms with E-state index < -0.39 is 0 Å². The molecule has 1 aliphatic heterocycles. The molecule has 0 saturated heterocycles. The summed E-state index contributed by atoms with van der Waals surface area (Å²) in [5, 5.41) is 14.6. The van der Waals surface area contributed by atoms with Crippen LogP contribution in [0.5, 0.6) is 5.88 Å². The van der Waals surface area contributed by atoms with Gasteiger partial charge in [0.05, 0.1) is 23.4 Å². The molecule has 1 aromatic heterocycles. The zero-order valence-corrected chi connectivity index (χ0v) is 11.0. The van der Waals surface area contributed by atoms with Crippen molar-refractivity contribution < 1.29 is 9.90 Å². The van der Waals surface area contributed by atoms with E-state index in [0.29, 0.717) is 16.2 Å². The molecule has 0 aliphatic carbocycles. The standard InChI is InChI=1S/C13H11N3O2S/c1-15-10(17)7-9-11(13(15)19)12(18)16(14-9)8-5-3-2-4-6-8/h2-6,18H,7H2,1H3. The largest absolute Gasteiger partial charge is 0.493 e. The van der Waals surface area contributed by atoms with Gasteiger partial charge < -0.3 is 10.0 Å². The highest BCUT2D eigenvalue weighted by atomic mass is 32.1. The van der Waals surface area contributed by atoms with Crippen LogP contribution in [0.1, 0.15) is 11.3 Å². The lowest BCUT2D eigenvalue weighted by atomic mass is 10.1. The van der Waals surface area contributed by atoms with Gasteiger partial charge in [0.2, 0.25) is 11.8 Å². The van der Waals surface area contributed by atoms with Crippen LogP contribution in [0.3, 0.4) is 0 Å². The first kappa shape index (κ1) is 11.9. The van der Waals surface area contributed by atoms with E-state index >= 15 is 0 Å². The zero-order chi connectivity index (χ0) is 13.6. The topological polar surface area (TPSA) is 58.4 Å². The molecule has 0 spiro atoms. The van der Waals surface area contributed by atoms with Crippen molar-refractivity contribution in [2.45, 2.75) is 6.42 Å². The highest BCUT2D eigenvalue weighted by molar-refractivity contribution is 7.80. The van der Waals surface area contributed by atoms with Crippen molar-refractivity contribution in [2.24, 2.45) is 0 Å². The van der Waals surface area contributed by atoms with E-state index in [9.17, 15) is 9.90 Å². The molecule has 5 nitrogen and oxygen atoms in total. The second kappa shape index (κ2) is 4.17. The number of aromatic nitrogens is 2. The van der Waals surface area contributed by atoms with Gasteiger partial charge in [-0.1, -0.05) is 30.4 Å². The van der Waals surface area contributed by atoms with Crippen LogP contribution in [0, 0.1) is 0 Å². The lowest BCUT2D eigenvalue weighted by molar-refractivity contribution is -0.125. The minimum atomic E-state index is -0.116. The third-order valence-electron chi connectivity index (χ3n) is 3.15. The Morgan fingerprint density at radius 3 is 2.68 bits per heavy atom. The summed E-state index contributed by atoms with van der Waals surface area (Å²) in [6, 6.07) is 9.24. The SMILES string of the molecule is CN1C(=O)Cc2nn(-c3ccccc3)c(O)c2C1=S. The summed E-state index contributed by atoms with van der Waals surface area (Å²) in [5.74, 6) is -0.138. The van der Waals surface area contributed by atoms with Crippen molar-refractivity contribution in [3.05, 3.63) is 41.6 Å². The van der Waals surface area contributed by atoms with Gasteiger partial charge in [-0.25, -0.2) is 4.68 Å². The molecule has 2 aromatic rings. The van der Waals surface area contributed by atoms with Gasteiger partial charge in [0.25, 0.3) is 0 Å². The van der Waals surface area contributed by atoms with Gasteiger partial charge in [0.15, 0.2) is 0 Å². The molecule has 0 bridgehead atoms. The predicted molar refractivity (Wildman–Crippen MR) is 73.4 cm³/mol. The third kappa shape index (κ3) is 1.72. The molecule has 1 amide bonds. The number of aromatic hydroxyl groups is 1. The summed E-state index contributed by atoms with van der Waals surface area (Å²) >= 11 is 5.20. The average Bonchev–Trinajstić information content (AvgIpc) is 2.74. The number of nitrogens with zero attached hydrogens (tertiary/aromatic N) is 3. The van der Waals surface area contributed by atoms with Gasteiger partial charge in [0, 0.05) is 7.05 Å². The summed E-state index contributed by atoms with van der Waals surface area (Å²) in [6.45, 7) is 0. The molecule has 0 unspecified atom stereocenters. The Balaban J connectivity index is 2.18. The molecular weight excluding hydrogens is 262 g/mol. The molecule has 1 aliphatic rings. The molecule has 0 radical (unpaired) electrons. The summed E-state index contributed by atoms with van der Waals surface area (Å²) in [5.41, 5.74) is 1.72. The highest BCUT2D eigenvalue weighted by Gasteiger charge is 2.32.